The smallest absolute Gasteiger partial charge is 0.118 e. The molecule has 0 aliphatic carbocycles. The van der Waals surface area contributed by atoms with E-state index in [1.807, 2.05) is 0 Å². The molecule has 0 radical (unpaired) electrons. The van der Waals surface area contributed by atoms with Gasteiger partial charge in [0, 0.05) is 44.6 Å². The zero-order valence-corrected chi connectivity index (χ0v) is 18.1. The fraction of sp³-hybridized carbons (Fsp3) is 0.900. The second-order valence-corrected chi connectivity index (χ2v) is 9.06. The molecule has 0 bridgehead atoms. The highest BCUT2D eigenvalue weighted by Crippen LogP contribution is 2.25. The highest BCUT2D eigenvalue weighted by atomic mass is 28.1. The second kappa shape index (κ2) is 9.74. The number of likely N-dealkylation sites (tertiary alicyclic amines) is 3. The third-order valence-corrected chi connectivity index (χ3v) is 7.29. The summed E-state index contributed by atoms with van der Waals surface area (Å²) in [6, 6.07) is 0. The molecule has 0 aromatic rings. The molecule has 0 aromatic heterocycles. The van der Waals surface area contributed by atoms with E-state index in [9.17, 15) is 0 Å². The molecule has 3 aliphatic rings. The normalized spacial score (nSPS) is 24.2. The van der Waals surface area contributed by atoms with Crippen molar-refractivity contribution in [1.82, 2.24) is 14.7 Å². The minimum absolute atomic E-state index is 1.20. The van der Waals surface area contributed by atoms with E-state index in [0.29, 0.717) is 0 Å². The van der Waals surface area contributed by atoms with Crippen LogP contribution in [-0.4, -0.2) is 64.2 Å². The van der Waals surface area contributed by atoms with Gasteiger partial charge in [0.05, 0.1) is 10.2 Å². The first kappa shape index (κ1) is 18.2. The van der Waals surface area contributed by atoms with Crippen molar-refractivity contribution < 1.29 is 0 Å². The average molecular weight is 350 g/mol. The molecule has 0 unspecified atom stereocenters. The molecule has 138 valence electrons. The summed E-state index contributed by atoms with van der Waals surface area (Å²) >= 11 is 0. The van der Waals surface area contributed by atoms with Crippen molar-refractivity contribution >= 4 is 10.2 Å². The molecule has 0 saturated carbocycles. The van der Waals surface area contributed by atoms with Gasteiger partial charge in [-0.05, 0) is 38.5 Å². The molecule has 0 atom stereocenters. The van der Waals surface area contributed by atoms with Crippen LogP contribution < -0.4 is 0 Å². The summed E-state index contributed by atoms with van der Waals surface area (Å²) in [4.78, 5) is 8.38. The molecular formula is C20H39N3Si. The van der Waals surface area contributed by atoms with Gasteiger partial charge in [-0.2, -0.15) is 0 Å². The zero-order chi connectivity index (χ0) is 16.6. The van der Waals surface area contributed by atoms with Crippen LogP contribution in [0.25, 0.3) is 0 Å². The van der Waals surface area contributed by atoms with E-state index in [4.69, 9.17) is 0 Å². The van der Waals surface area contributed by atoms with Gasteiger partial charge in [-0.15, -0.1) is 0 Å². The Morgan fingerprint density at radius 2 is 0.708 bits per heavy atom. The van der Waals surface area contributed by atoms with Crippen molar-refractivity contribution in [2.75, 3.05) is 39.3 Å². The van der Waals surface area contributed by atoms with Crippen LogP contribution >= 0.6 is 0 Å². The first-order valence-corrected chi connectivity index (χ1v) is 11.8. The Labute approximate surface area is 152 Å². The van der Waals surface area contributed by atoms with Crippen molar-refractivity contribution in [2.24, 2.45) is 0 Å². The largest absolute Gasteiger partial charge is 0.376 e. The van der Waals surface area contributed by atoms with Crippen molar-refractivity contribution in [2.45, 2.75) is 77.0 Å². The molecule has 3 fully saturated rings. The number of hydrogen-bond donors (Lipinski definition) is 0. The molecule has 24 heavy (non-hydrogen) atoms. The van der Waals surface area contributed by atoms with Crippen LogP contribution in [-0.2, 0) is 0 Å². The summed E-state index contributed by atoms with van der Waals surface area (Å²) in [7, 11) is 1.20. The van der Waals surface area contributed by atoms with Gasteiger partial charge in [-0.1, -0.05) is 38.5 Å². The van der Waals surface area contributed by atoms with E-state index in [1.54, 1.807) is 11.1 Å². The topological polar surface area (TPSA) is 9.72 Å². The predicted octanol–water partition coefficient (Wildman–Crippen LogP) is 3.11. The lowest BCUT2D eigenvalue weighted by molar-refractivity contribution is 0.201. The van der Waals surface area contributed by atoms with Gasteiger partial charge in [0.2, 0.25) is 0 Å². The van der Waals surface area contributed by atoms with Crippen LogP contribution in [0.3, 0.4) is 0 Å². The molecular weight excluding hydrogens is 310 g/mol. The molecule has 0 amide bonds. The standard InChI is InChI=1S/C20H39N3Si/c24-20(23-17-11-5-6-12-18-23)19(21-13-7-1-2-8-14-21)22-15-9-3-4-10-16-22/h1-18H2,24H3. The van der Waals surface area contributed by atoms with Crippen molar-refractivity contribution in [1.29, 1.82) is 0 Å². The predicted molar refractivity (Wildman–Crippen MR) is 107 cm³/mol. The molecule has 4 heteroatoms. The Morgan fingerprint density at radius 1 is 0.417 bits per heavy atom. The maximum atomic E-state index is 2.80. The van der Waals surface area contributed by atoms with Gasteiger partial charge in [0.15, 0.2) is 0 Å². The Kier molecular flexibility index (Phi) is 7.37. The zero-order valence-electron chi connectivity index (χ0n) is 16.1. The Balaban J connectivity index is 1.84. The average Bonchev–Trinajstić information content (AvgIpc) is 3.11. The van der Waals surface area contributed by atoms with E-state index in [2.05, 4.69) is 14.7 Å². The minimum atomic E-state index is 1.20. The molecule has 0 aromatic carbocycles. The van der Waals surface area contributed by atoms with Crippen LogP contribution in [0.15, 0.2) is 11.1 Å². The third kappa shape index (κ3) is 4.93. The van der Waals surface area contributed by atoms with Crippen LogP contribution in [0.1, 0.15) is 77.0 Å². The number of nitrogens with zero attached hydrogens (tertiary/aromatic N) is 3. The Bertz CT molecular complexity index is 364. The Morgan fingerprint density at radius 3 is 1.04 bits per heavy atom. The maximum absolute atomic E-state index is 2.80. The van der Waals surface area contributed by atoms with E-state index < -0.39 is 0 Å². The molecule has 3 rings (SSSR count). The highest BCUT2D eigenvalue weighted by molar-refractivity contribution is 6.21. The maximum Gasteiger partial charge on any atom is 0.118 e. The lowest BCUT2D eigenvalue weighted by Crippen LogP contribution is -2.41. The number of hydrogen-bond acceptors (Lipinski definition) is 3. The van der Waals surface area contributed by atoms with Crippen LogP contribution in [0.4, 0.5) is 0 Å². The summed E-state index contributed by atoms with van der Waals surface area (Å²) < 4.78 is 0. The van der Waals surface area contributed by atoms with Gasteiger partial charge in [0.25, 0.3) is 0 Å². The van der Waals surface area contributed by atoms with Crippen molar-refractivity contribution in [3.8, 4) is 0 Å². The first-order chi connectivity index (χ1) is 11.9. The Hall–Kier alpha value is -0.643. The summed E-state index contributed by atoms with van der Waals surface area (Å²) in [5.74, 6) is 1.67. The number of rotatable bonds is 3. The quantitative estimate of drug-likeness (QED) is 0.725. The third-order valence-electron chi connectivity index (χ3n) is 6.22. The van der Waals surface area contributed by atoms with Crippen LogP contribution in [0.2, 0.25) is 0 Å². The van der Waals surface area contributed by atoms with E-state index in [0.717, 1.165) is 0 Å². The van der Waals surface area contributed by atoms with E-state index in [-0.39, 0.29) is 0 Å². The van der Waals surface area contributed by atoms with Gasteiger partial charge in [-0.3, -0.25) is 0 Å². The van der Waals surface area contributed by atoms with Gasteiger partial charge in [0.1, 0.15) is 5.82 Å². The fourth-order valence-electron chi connectivity index (χ4n) is 4.77. The molecule has 3 nitrogen and oxygen atoms in total. The monoisotopic (exact) mass is 349 g/mol. The molecule has 0 spiro atoms. The van der Waals surface area contributed by atoms with Crippen molar-refractivity contribution in [3.05, 3.63) is 11.1 Å². The highest BCUT2D eigenvalue weighted by Gasteiger charge is 2.24. The van der Waals surface area contributed by atoms with E-state index in [1.165, 1.54) is 127 Å². The first-order valence-electron chi connectivity index (χ1n) is 10.8. The molecule has 3 heterocycles. The molecule has 3 saturated heterocycles. The second-order valence-electron chi connectivity index (χ2n) is 8.11. The van der Waals surface area contributed by atoms with E-state index >= 15 is 0 Å². The van der Waals surface area contributed by atoms with Crippen molar-refractivity contribution in [3.63, 3.8) is 0 Å². The summed E-state index contributed by atoms with van der Waals surface area (Å²) in [6.45, 7) is 7.81. The molecule has 0 N–H and O–H groups in total. The lowest BCUT2D eigenvalue weighted by atomic mass is 10.2. The van der Waals surface area contributed by atoms with Gasteiger partial charge >= 0.3 is 0 Å². The van der Waals surface area contributed by atoms with Gasteiger partial charge < -0.3 is 14.7 Å². The minimum Gasteiger partial charge on any atom is -0.376 e. The summed E-state index contributed by atoms with van der Waals surface area (Å²) in [5, 5.41) is 1.72. The summed E-state index contributed by atoms with van der Waals surface area (Å²) in [5.41, 5.74) is 0. The fourth-order valence-corrected chi connectivity index (χ4v) is 5.85. The van der Waals surface area contributed by atoms with Gasteiger partial charge in [-0.25, -0.2) is 0 Å². The molecule has 3 aliphatic heterocycles. The SMILES string of the molecule is [SiH3]C(=C(N1CCCCCC1)N1CCCCCC1)N1CCCCCC1. The van der Waals surface area contributed by atoms with Crippen LogP contribution in [0, 0.1) is 0 Å². The summed E-state index contributed by atoms with van der Waals surface area (Å²) in [6.07, 6.45) is 17.0. The van der Waals surface area contributed by atoms with Crippen LogP contribution in [0.5, 0.6) is 0 Å². The lowest BCUT2D eigenvalue weighted by Gasteiger charge is -2.39.